The second-order valence-electron chi connectivity index (χ2n) is 4.89. The summed E-state index contributed by atoms with van der Waals surface area (Å²) < 4.78 is 6.13. The van der Waals surface area contributed by atoms with E-state index in [4.69, 9.17) is 4.74 Å². The van der Waals surface area contributed by atoms with Crippen molar-refractivity contribution in [3.63, 3.8) is 0 Å². The summed E-state index contributed by atoms with van der Waals surface area (Å²) in [5.74, 6) is 1.16. The van der Waals surface area contributed by atoms with Gasteiger partial charge in [-0.05, 0) is 37.2 Å². The summed E-state index contributed by atoms with van der Waals surface area (Å²) in [4.78, 5) is 0. The normalized spacial score (nSPS) is 47.6. The van der Waals surface area contributed by atoms with E-state index in [0.29, 0.717) is 17.9 Å². The Bertz CT molecular complexity index is 279. The second kappa shape index (κ2) is 3.23. The lowest BCUT2D eigenvalue weighted by Crippen LogP contribution is -2.42. The fourth-order valence-electron chi connectivity index (χ4n) is 2.76. The molecule has 0 aromatic rings. The third kappa shape index (κ3) is 1.26. The Morgan fingerprint density at radius 3 is 2.71 bits per heavy atom. The summed E-state index contributed by atoms with van der Waals surface area (Å²) in [5.41, 5.74) is 1.13. The average Bonchev–Trinajstić information content (AvgIpc) is 2.54. The molecule has 0 radical (unpaired) electrons. The molecule has 1 fully saturated rings. The minimum atomic E-state index is -0.0480. The van der Waals surface area contributed by atoms with E-state index in [1.54, 1.807) is 0 Å². The van der Waals surface area contributed by atoms with Crippen molar-refractivity contribution in [1.29, 1.82) is 0 Å². The molecule has 2 rings (SSSR count). The first-order chi connectivity index (χ1) is 6.56. The lowest BCUT2D eigenvalue weighted by Gasteiger charge is -2.41. The Hall–Kier alpha value is -0.560. The Kier molecular flexibility index (Phi) is 2.30. The van der Waals surface area contributed by atoms with Crippen molar-refractivity contribution in [2.75, 3.05) is 0 Å². The molecule has 4 atom stereocenters. The summed E-state index contributed by atoms with van der Waals surface area (Å²) in [6.07, 6.45) is 7.12. The summed E-state index contributed by atoms with van der Waals surface area (Å²) in [6.45, 7) is 10.9. The lowest BCUT2D eigenvalue weighted by atomic mass is 9.70. The summed E-state index contributed by atoms with van der Waals surface area (Å²) in [6, 6.07) is 0. The van der Waals surface area contributed by atoms with Gasteiger partial charge in [0.15, 0.2) is 0 Å². The van der Waals surface area contributed by atoms with E-state index in [1.807, 2.05) is 0 Å². The average molecular weight is 192 g/mol. The van der Waals surface area contributed by atoms with Crippen LogP contribution in [0.1, 0.15) is 33.6 Å². The Morgan fingerprint density at radius 1 is 1.43 bits per heavy atom. The maximum atomic E-state index is 6.13. The van der Waals surface area contributed by atoms with Crippen LogP contribution in [0.15, 0.2) is 24.3 Å². The molecule has 0 aromatic carbocycles. The number of allylic oxidation sites excluding steroid dienone is 1. The molecule has 4 unspecified atom stereocenters. The third-order valence-corrected chi connectivity index (χ3v) is 4.00. The molecular formula is C13H20O. The van der Waals surface area contributed by atoms with Crippen LogP contribution < -0.4 is 0 Å². The SMILES string of the molecule is C=C1C=CC(C)C(C)C12CCC(C)O2. The van der Waals surface area contributed by atoms with Crippen LogP contribution in [0, 0.1) is 11.8 Å². The Labute approximate surface area is 86.8 Å². The lowest BCUT2D eigenvalue weighted by molar-refractivity contribution is -0.0522. The van der Waals surface area contributed by atoms with Gasteiger partial charge in [-0.15, -0.1) is 0 Å². The summed E-state index contributed by atoms with van der Waals surface area (Å²) >= 11 is 0. The molecule has 0 saturated carbocycles. The topological polar surface area (TPSA) is 9.23 Å². The van der Waals surface area contributed by atoms with Crippen molar-refractivity contribution in [3.05, 3.63) is 24.3 Å². The molecule has 0 bridgehead atoms. The van der Waals surface area contributed by atoms with Gasteiger partial charge in [0.1, 0.15) is 0 Å². The van der Waals surface area contributed by atoms with Gasteiger partial charge in [0, 0.05) is 0 Å². The van der Waals surface area contributed by atoms with Crippen LogP contribution in [0.3, 0.4) is 0 Å². The highest BCUT2D eigenvalue weighted by atomic mass is 16.5. The predicted octanol–water partition coefficient (Wildman–Crippen LogP) is 3.32. The summed E-state index contributed by atoms with van der Waals surface area (Å²) in [5, 5.41) is 0. The van der Waals surface area contributed by atoms with Gasteiger partial charge < -0.3 is 4.74 Å². The van der Waals surface area contributed by atoms with Crippen molar-refractivity contribution in [3.8, 4) is 0 Å². The Balaban J connectivity index is 2.33. The van der Waals surface area contributed by atoms with Crippen LogP contribution in [-0.4, -0.2) is 11.7 Å². The second-order valence-corrected chi connectivity index (χ2v) is 4.89. The number of hydrogen-bond donors (Lipinski definition) is 0. The molecule has 0 N–H and O–H groups in total. The standard InChI is InChI=1S/C13H20O/c1-9-5-6-10(2)13(12(9)4)8-7-11(3)14-13/h5-6,9,11-12H,2,7-8H2,1,3-4H3. The molecular weight excluding hydrogens is 172 g/mol. The van der Waals surface area contributed by atoms with Crippen LogP contribution in [0.25, 0.3) is 0 Å². The molecule has 1 nitrogen and oxygen atoms in total. The maximum Gasteiger partial charge on any atom is 0.0960 e. The summed E-state index contributed by atoms with van der Waals surface area (Å²) in [7, 11) is 0. The molecule has 0 amide bonds. The van der Waals surface area contributed by atoms with Crippen LogP contribution >= 0.6 is 0 Å². The molecule has 2 aliphatic rings. The highest BCUT2D eigenvalue weighted by molar-refractivity contribution is 5.33. The van der Waals surface area contributed by atoms with E-state index in [1.165, 1.54) is 12.0 Å². The number of hydrogen-bond acceptors (Lipinski definition) is 1. The first-order valence-corrected chi connectivity index (χ1v) is 5.61. The maximum absolute atomic E-state index is 6.13. The molecule has 1 aliphatic carbocycles. The molecule has 14 heavy (non-hydrogen) atoms. The van der Waals surface area contributed by atoms with E-state index in [-0.39, 0.29) is 5.60 Å². The quantitative estimate of drug-likeness (QED) is 0.572. The minimum Gasteiger partial charge on any atom is -0.367 e. The van der Waals surface area contributed by atoms with E-state index in [2.05, 4.69) is 39.5 Å². The number of ether oxygens (including phenoxy) is 1. The van der Waals surface area contributed by atoms with Crippen molar-refractivity contribution in [2.24, 2.45) is 11.8 Å². The largest absolute Gasteiger partial charge is 0.367 e. The van der Waals surface area contributed by atoms with E-state index >= 15 is 0 Å². The zero-order valence-corrected chi connectivity index (χ0v) is 9.42. The third-order valence-electron chi connectivity index (χ3n) is 4.00. The molecule has 1 heteroatoms. The molecule has 1 saturated heterocycles. The fourth-order valence-corrected chi connectivity index (χ4v) is 2.76. The smallest absolute Gasteiger partial charge is 0.0960 e. The predicted molar refractivity (Wildman–Crippen MR) is 59.1 cm³/mol. The van der Waals surface area contributed by atoms with Crippen LogP contribution in [0.5, 0.6) is 0 Å². The Morgan fingerprint density at radius 2 is 2.14 bits per heavy atom. The highest BCUT2D eigenvalue weighted by Gasteiger charge is 2.47. The van der Waals surface area contributed by atoms with Crippen molar-refractivity contribution < 1.29 is 4.74 Å². The number of rotatable bonds is 0. The molecule has 1 aliphatic heterocycles. The van der Waals surface area contributed by atoms with Gasteiger partial charge in [-0.1, -0.05) is 32.6 Å². The highest BCUT2D eigenvalue weighted by Crippen LogP contribution is 2.47. The first kappa shape index (κ1) is 9.97. The van der Waals surface area contributed by atoms with Crippen molar-refractivity contribution >= 4 is 0 Å². The van der Waals surface area contributed by atoms with Gasteiger partial charge in [0.05, 0.1) is 11.7 Å². The van der Waals surface area contributed by atoms with Crippen LogP contribution in [0.2, 0.25) is 0 Å². The van der Waals surface area contributed by atoms with Gasteiger partial charge in [0.2, 0.25) is 0 Å². The monoisotopic (exact) mass is 192 g/mol. The molecule has 78 valence electrons. The van der Waals surface area contributed by atoms with Gasteiger partial charge in [-0.3, -0.25) is 0 Å². The molecule has 1 spiro atoms. The van der Waals surface area contributed by atoms with Crippen LogP contribution in [-0.2, 0) is 4.74 Å². The zero-order chi connectivity index (χ0) is 10.3. The van der Waals surface area contributed by atoms with Gasteiger partial charge in [-0.25, -0.2) is 0 Å². The van der Waals surface area contributed by atoms with E-state index < -0.39 is 0 Å². The zero-order valence-electron chi connectivity index (χ0n) is 9.42. The molecule has 1 heterocycles. The minimum absolute atomic E-state index is 0.0480. The van der Waals surface area contributed by atoms with E-state index in [9.17, 15) is 0 Å². The van der Waals surface area contributed by atoms with Gasteiger partial charge >= 0.3 is 0 Å². The van der Waals surface area contributed by atoms with E-state index in [0.717, 1.165) is 6.42 Å². The van der Waals surface area contributed by atoms with Crippen molar-refractivity contribution in [1.82, 2.24) is 0 Å². The van der Waals surface area contributed by atoms with Gasteiger partial charge in [0.25, 0.3) is 0 Å². The van der Waals surface area contributed by atoms with Gasteiger partial charge in [-0.2, -0.15) is 0 Å². The van der Waals surface area contributed by atoms with Crippen molar-refractivity contribution in [2.45, 2.75) is 45.3 Å². The molecule has 0 aromatic heterocycles. The fraction of sp³-hybridized carbons (Fsp3) is 0.692. The van der Waals surface area contributed by atoms with Crippen LogP contribution in [0.4, 0.5) is 0 Å². The first-order valence-electron chi connectivity index (χ1n) is 5.61.